The van der Waals surface area contributed by atoms with Crippen LogP contribution in [0.5, 0.6) is 11.6 Å². The number of aryl methyl sites for hydroxylation is 2. The summed E-state index contributed by atoms with van der Waals surface area (Å²) in [4.78, 5) is 16.5. The van der Waals surface area contributed by atoms with Gasteiger partial charge < -0.3 is 14.6 Å². The number of hydrogen-bond donors (Lipinski definition) is 3. The zero-order valence-electron chi connectivity index (χ0n) is 25.2. The van der Waals surface area contributed by atoms with E-state index < -0.39 is 47.3 Å². The number of benzene rings is 2. The van der Waals surface area contributed by atoms with Crippen LogP contribution >= 0.6 is 33.7 Å². The Morgan fingerprint density at radius 2 is 2.04 bits per heavy atom. The standard InChI is InChI=1S/C30H29ClF3N5O6S2/c1-4-20-14-39(47(42,43)24-9-19(31)12-35-29(24)44-20)13-18-8-17(7-16-5-6-46-28(16)18)22(11-25(40)41)21-10-23(45-30(32,33)34)27-26(15(21)2)36-37-38(27)3/h5-10,12,20,22,42-43H,4,11,13-14H2,1-3H3,(H,40,41)/t20-,22+/m1/s1. The van der Waals surface area contributed by atoms with Gasteiger partial charge in [0.25, 0.3) is 0 Å². The highest BCUT2D eigenvalue weighted by molar-refractivity contribution is 8.22. The second kappa shape index (κ2) is 12.4. The number of fused-ring (bicyclic) bond motifs is 3. The summed E-state index contributed by atoms with van der Waals surface area (Å²) in [6.45, 7) is 3.69. The summed E-state index contributed by atoms with van der Waals surface area (Å²) < 4.78 is 77.7. The fourth-order valence-electron chi connectivity index (χ4n) is 5.90. The van der Waals surface area contributed by atoms with E-state index in [1.54, 1.807) is 19.1 Å². The number of aliphatic carboxylic acids is 1. The van der Waals surface area contributed by atoms with Crippen LogP contribution in [0.15, 0.2) is 46.8 Å². The molecule has 0 unspecified atom stereocenters. The number of alkyl halides is 3. The van der Waals surface area contributed by atoms with Crippen LogP contribution < -0.4 is 9.47 Å². The van der Waals surface area contributed by atoms with E-state index in [1.165, 1.54) is 45.7 Å². The fraction of sp³-hybridized carbons (Fsp3) is 0.333. The minimum atomic E-state index is -5.02. The number of pyridine rings is 1. The van der Waals surface area contributed by atoms with Gasteiger partial charge in [-0.05, 0) is 70.6 Å². The number of ether oxygens (including phenoxy) is 2. The molecule has 0 amide bonds. The lowest BCUT2D eigenvalue weighted by Gasteiger charge is -2.41. The van der Waals surface area contributed by atoms with Crippen molar-refractivity contribution < 1.29 is 41.7 Å². The maximum Gasteiger partial charge on any atom is 0.573 e. The first-order chi connectivity index (χ1) is 22.2. The van der Waals surface area contributed by atoms with E-state index in [0.29, 0.717) is 23.1 Å². The molecule has 4 heterocycles. The number of rotatable bonds is 8. The van der Waals surface area contributed by atoms with Crippen molar-refractivity contribution in [3.8, 4) is 11.6 Å². The molecule has 17 heteroatoms. The van der Waals surface area contributed by atoms with Crippen molar-refractivity contribution >= 4 is 60.8 Å². The van der Waals surface area contributed by atoms with Crippen LogP contribution in [-0.4, -0.2) is 63.5 Å². The minimum Gasteiger partial charge on any atom is -0.481 e. The summed E-state index contributed by atoms with van der Waals surface area (Å²) in [6, 6.07) is 8.01. The summed E-state index contributed by atoms with van der Waals surface area (Å²) in [6.07, 6.45) is -4.02. The highest BCUT2D eigenvalue weighted by Gasteiger charge is 2.37. The van der Waals surface area contributed by atoms with Crippen molar-refractivity contribution in [2.75, 3.05) is 6.54 Å². The summed E-state index contributed by atoms with van der Waals surface area (Å²) in [5, 5.41) is 20.8. The van der Waals surface area contributed by atoms with Gasteiger partial charge in [0.15, 0.2) is 5.75 Å². The Balaban J connectivity index is 1.50. The Bertz CT molecular complexity index is 2000. The highest BCUT2D eigenvalue weighted by Crippen LogP contribution is 2.58. The number of carbonyl (C=O) groups is 1. The Morgan fingerprint density at radius 3 is 2.74 bits per heavy atom. The third kappa shape index (κ3) is 6.45. The fourth-order valence-corrected chi connectivity index (χ4v) is 8.61. The molecule has 0 aliphatic carbocycles. The molecule has 2 atom stereocenters. The van der Waals surface area contributed by atoms with Gasteiger partial charge in [-0.2, -0.15) is 4.31 Å². The quantitative estimate of drug-likeness (QED) is 0.146. The molecule has 6 rings (SSSR count). The van der Waals surface area contributed by atoms with Crippen LogP contribution in [0.3, 0.4) is 0 Å². The molecular weight excluding hydrogens is 683 g/mol. The van der Waals surface area contributed by atoms with E-state index in [4.69, 9.17) is 16.3 Å². The van der Waals surface area contributed by atoms with Crippen LogP contribution in [0.2, 0.25) is 5.02 Å². The number of hydrogen-bond acceptors (Lipinski definition) is 10. The minimum absolute atomic E-state index is 0.0144. The van der Waals surface area contributed by atoms with E-state index in [9.17, 15) is 32.2 Å². The Hall–Kier alpha value is -3.67. The summed E-state index contributed by atoms with van der Waals surface area (Å²) >= 11 is 7.60. The first-order valence-corrected chi connectivity index (χ1v) is 17.1. The lowest BCUT2D eigenvalue weighted by Crippen LogP contribution is -2.34. The zero-order valence-corrected chi connectivity index (χ0v) is 27.5. The maximum absolute atomic E-state index is 13.5. The maximum atomic E-state index is 13.5. The first kappa shape index (κ1) is 33.2. The summed E-state index contributed by atoms with van der Waals surface area (Å²) in [5.41, 5.74) is 2.03. The molecule has 3 N–H and O–H groups in total. The Morgan fingerprint density at radius 1 is 1.28 bits per heavy atom. The Kier molecular flexibility index (Phi) is 8.78. The molecule has 2 aromatic carbocycles. The largest absolute Gasteiger partial charge is 0.573 e. The number of carboxylic acid groups (broad SMARTS) is 1. The summed E-state index contributed by atoms with van der Waals surface area (Å²) in [5.74, 6) is -2.59. The number of halogens is 4. The van der Waals surface area contributed by atoms with Gasteiger partial charge >= 0.3 is 12.3 Å². The van der Waals surface area contributed by atoms with Crippen LogP contribution in [0.25, 0.3) is 21.1 Å². The predicted molar refractivity (Wildman–Crippen MR) is 171 cm³/mol. The molecule has 0 saturated carbocycles. The van der Waals surface area contributed by atoms with Gasteiger partial charge in [0.2, 0.25) is 5.88 Å². The van der Waals surface area contributed by atoms with Gasteiger partial charge in [-0.25, -0.2) is 9.67 Å². The van der Waals surface area contributed by atoms with E-state index >= 15 is 0 Å². The SMILES string of the molecule is CC[C@@H]1CN(Cc2cc([C@H](CC(=O)O)c3cc(OC(F)(F)F)c4c(nnn4C)c3C)cc3ccsc23)S(O)(O)c2cc(Cl)cnc2O1. The lowest BCUT2D eigenvalue weighted by atomic mass is 9.84. The third-order valence-corrected chi connectivity index (χ3v) is 11.2. The van der Waals surface area contributed by atoms with E-state index in [1.807, 2.05) is 18.4 Å². The monoisotopic (exact) mass is 711 g/mol. The van der Waals surface area contributed by atoms with Gasteiger partial charge in [0, 0.05) is 30.4 Å². The molecule has 1 aliphatic heterocycles. The van der Waals surface area contributed by atoms with Gasteiger partial charge in [0.1, 0.15) is 22.0 Å². The van der Waals surface area contributed by atoms with Crippen molar-refractivity contribution in [1.82, 2.24) is 24.3 Å². The Labute approximate surface area is 277 Å². The van der Waals surface area contributed by atoms with Crippen molar-refractivity contribution in [1.29, 1.82) is 0 Å². The third-order valence-electron chi connectivity index (χ3n) is 8.10. The smallest absolute Gasteiger partial charge is 0.481 e. The van der Waals surface area contributed by atoms with Crippen LogP contribution in [0.1, 0.15) is 47.9 Å². The topological polar surface area (TPSA) is 143 Å². The number of aromatic nitrogens is 4. The van der Waals surface area contributed by atoms with Gasteiger partial charge in [-0.1, -0.05) is 29.8 Å². The molecule has 0 fully saturated rings. The molecule has 0 saturated heterocycles. The normalized spacial score (nSPS) is 18.0. The molecular formula is C30H29ClF3N5O6S2. The van der Waals surface area contributed by atoms with E-state index in [-0.39, 0.29) is 45.5 Å². The first-order valence-electron chi connectivity index (χ1n) is 14.3. The lowest BCUT2D eigenvalue weighted by molar-refractivity contribution is -0.274. The van der Waals surface area contributed by atoms with Crippen LogP contribution in [0, 0.1) is 6.92 Å². The molecule has 5 aromatic rings. The van der Waals surface area contributed by atoms with Crippen molar-refractivity contribution in [3.05, 3.63) is 69.2 Å². The molecule has 3 aromatic heterocycles. The molecule has 250 valence electrons. The van der Waals surface area contributed by atoms with Crippen LogP contribution in [-0.2, 0) is 18.4 Å². The average Bonchev–Trinajstić information content (AvgIpc) is 3.61. The van der Waals surface area contributed by atoms with Crippen LogP contribution in [0.4, 0.5) is 13.2 Å². The number of nitrogens with zero attached hydrogens (tertiary/aromatic N) is 5. The number of carboxylic acids is 1. The zero-order chi connectivity index (χ0) is 33.8. The average molecular weight is 712 g/mol. The molecule has 0 radical (unpaired) electrons. The van der Waals surface area contributed by atoms with Gasteiger partial charge in [-0.15, -0.1) is 40.4 Å². The van der Waals surface area contributed by atoms with E-state index in [2.05, 4.69) is 20.0 Å². The molecule has 11 nitrogen and oxygen atoms in total. The number of thiophene rings is 1. The molecule has 0 spiro atoms. The summed E-state index contributed by atoms with van der Waals surface area (Å²) in [7, 11) is -2.22. The van der Waals surface area contributed by atoms with Crippen molar-refractivity contribution in [2.45, 2.75) is 56.5 Å². The molecule has 0 bridgehead atoms. The highest BCUT2D eigenvalue weighted by atomic mass is 35.5. The van der Waals surface area contributed by atoms with Gasteiger partial charge in [0.05, 0.1) is 18.0 Å². The second-order valence-electron chi connectivity index (χ2n) is 11.2. The van der Waals surface area contributed by atoms with Crippen molar-refractivity contribution in [2.24, 2.45) is 7.05 Å². The predicted octanol–water partition coefficient (Wildman–Crippen LogP) is 7.74. The molecule has 1 aliphatic rings. The van der Waals surface area contributed by atoms with E-state index in [0.717, 1.165) is 10.1 Å². The van der Waals surface area contributed by atoms with Crippen molar-refractivity contribution in [3.63, 3.8) is 0 Å². The molecule has 47 heavy (non-hydrogen) atoms. The van der Waals surface area contributed by atoms with Gasteiger partial charge in [-0.3, -0.25) is 13.9 Å². The second-order valence-corrected chi connectivity index (χ2v) is 14.5.